The molecule has 3 aliphatic rings. The van der Waals surface area contributed by atoms with Crippen molar-refractivity contribution < 1.29 is 4.79 Å². The van der Waals surface area contributed by atoms with E-state index in [9.17, 15) is 4.79 Å². The Morgan fingerprint density at radius 3 is 2.11 bits per heavy atom. The van der Waals surface area contributed by atoms with Gasteiger partial charge < -0.3 is 0 Å². The quantitative estimate of drug-likeness (QED) is 0.472. The summed E-state index contributed by atoms with van der Waals surface area (Å²) in [6.45, 7) is 0. The second-order valence-corrected chi connectivity index (χ2v) is 3.85. The van der Waals surface area contributed by atoms with Crippen LogP contribution in [0.1, 0.15) is 19.3 Å². The Morgan fingerprint density at radius 1 is 1.11 bits per heavy atom. The maximum absolute atomic E-state index is 11.1. The second-order valence-electron chi connectivity index (χ2n) is 3.85. The van der Waals surface area contributed by atoms with Gasteiger partial charge in [-0.05, 0) is 31.1 Å². The summed E-state index contributed by atoms with van der Waals surface area (Å²) in [5, 5.41) is 0. The highest BCUT2D eigenvalue weighted by Crippen LogP contribution is 2.60. The maximum Gasteiger partial charge on any atom is 0.139 e. The molecule has 0 spiro atoms. The standard InChI is InChI=1S/C8H10O/c9-8-6-2-4-1-5(6)7(8)3-4/h4-7H,1-3H2/t4?,5?,6-,7+. The number of hydrogen-bond donors (Lipinski definition) is 0. The molecule has 3 rings (SSSR count). The lowest BCUT2D eigenvalue weighted by atomic mass is 9.63. The van der Waals surface area contributed by atoms with Crippen LogP contribution in [0.4, 0.5) is 0 Å². The fourth-order valence-electron chi connectivity index (χ4n) is 3.16. The average molecular weight is 122 g/mol. The number of Topliss-reactive ketones (excluding diaryl/α,β-unsaturated/α-hetero) is 1. The predicted octanol–water partition coefficient (Wildman–Crippen LogP) is 1.23. The van der Waals surface area contributed by atoms with Gasteiger partial charge in [0.1, 0.15) is 5.78 Å². The molecule has 4 atom stereocenters. The summed E-state index contributed by atoms with van der Waals surface area (Å²) in [7, 11) is 0. The molecule has 0 radical (unpaired) electrons. The summed E-state index contributed by atoms with van der Waals surface area (Å²) in [5.41, 5.74) is 0. The molecule has 0 heterocycles. The van der Waals surface area contributed by atoms with Crippen molar-refractivity contribution in [2.75, 3.05) is 0 Å². The first-order chi connectivity index (χ1) is 4.36. The van der Waals surface area contributed by atoms with E-state index in [1.807, 2.05) is 0 Å². The number of rotatable bonds is 0. The first-order valence-corrected chi connectivity index (χ1v) is 3.90. The van der Waals surface area contributed by atoms with Gasteiger partial charge in [0.25, 0.3) is 0 Å². The number of hydrogen-bond acceptors (Lipinski definition) is 1. The molecule has 2 unspecified atom stereocenters. The van der Waals surface area contributed by atoms with E-state index in [0.29, 0.717) is 17.6 Å². The van der Waals surface area contributed by atoms with Crippen molar-refractivity contribution in [2.24, 2.45) is 23.7 Å². The van der Waals surface area contributed by atoms with Crippen LogP contribution in [0.2, 0.25) is 0 Å². The molecule has 2 bridgehead atoms. The van der Waals surface area contributed by atoms with Gasteiger partial charge in [0.2, 0.25) is 0 Å². The van der Waals surface area contributed by atoms with Crippen molar-refractivity contribution in [1.82, 2.24) is 0 Å². The molecule has 0 aromatic rings. The van der Waals surface area contributed by atoms with Crippen LogP contribution in [0.15, 0.2) is 0 Å². The molecule has 0 aromatic heterocycles. The third-order valence-corrected chi connectivity index (χ3v) is 3.54. The van der Waals surface area contributed by atoms with Gasteiger partial charge in [-0.1, -0.05) is 0 Å². The lowest BCUT2D eigenvalue weighted by Gasteiger charge is -2.39. The van der Waals surface area contributed by atoms with Crippen molar-refractivity contribution in [2.45, 2.75) is 19.3 Å². The van der Waals surface area contributed by atoms with Crippen LogP contribution < -0.4 is 0 Å². The van der Waals surface area contributed by atoms with Crippen LogP contribution in [0.5, 0.6) is 0 Å². The van der Waals surface area contributed by atoms with E-state index >= 15 is 0 Å². The number of fused-ring (bicyclic) bond motifs is 1. The van der Waals surface area contributed by atoms with Crippen molar-refractivity contribution >= 4 is 5.78 Å². The Labute approximate surface area is 54.4 Å². The molecule has 1 heteroatoms. The predicted molar refractivity (Wildman–Crippen MR) is 32.8 cm³/mol. The Bertz CT molecular complexity index is 169. The lowest BCUT2D eigenvalue weighted by Crippen LogP contribution is -2.45. The van der Waals surface area contributed by atoms with Gasteiger partial charge >= 0.3 is 0 Å². The first kappa shape index (κ1) is 4.48. The molecule has 0 N–H and O–H groups in total. The largest absolute Gasteiger partial charge is 0.299 e. The molecule has 1 nitrogen and oxygen atoms in total. The summed E-state index contributed by atoms with van der Waals surface area (Å²) >= 11 is 0. The third kappa shape index (κ3) is 0.322. The minimum Gasteiger partial charge on any atom is -0.299 e. The second kappa shape index (κ2) is 1.09. The molecule has 3 saturated carbocycles. The molecule has 0 amide bonds. The lowest BCUT2D eigenvalue weighted by molar-refractivity contribution is -0.142. The number of ketones is 1. The summed E-state index contributed by atoms with van der Waals surface area (Å²) in [6, 6.07) is 0. The monoisotopic (exact) mass is 122 g/mol. The molecule has 48 valence electrons. The molecular formula is C8H10O. The molecule has 0 saturated heterocycles. The van der Waals surface area contributed by atoms with Gasteiger partial charge in [-0.3, -0.25) is 4.79 Å². The number of carbonyl (C=O) groups is 1. The third-order valence-electron chi connectivity index (χ3n) is 3.54. The van der Waals surface area contributed by atoms with Gasteiger partial charge in [-0.15, -0.1) is 0 Å². The van der Waals surface area contributed by atoms with Crippen LogP contribution >= 0.6 is 0 Å². The fraction of sp³-hybridized carbons (Fsp3) is 0.875. The Morgan fingerprint density at radius 2 is 1.78 bits per heavy atom. The van der Waals surface area contributed by atoms with E-state index in [1.54, 1.807) is 0 Å². The van der Waals surface area contributed by atoms with Crippen LogP contribution in [0.25, 0.3) is 0 Å². The van der Waals surface area contributed by atoms with Crippen molar-refractivity contribution in [3.63, 3.8) is 0 Å². The topological polar surface area (TPSA) is 17.1 Å². The Hall–Kier alpha value is -0.330. The van der Waals surface area contributed by atoms with Crippen LogP contribution in [-0.2, 0) is 4.79 Å². The van der Waals surface area contributed by atoms with E-state index in [-0.39, 0.29) is 0 Å². The molecule has 3 aliphatic carbocycles. The van der Waals surface area contributed by atoms with Gasteiger partial charge in [-0.2, -0.15) is 0 Å². The van der Waals surface area contributed by atoms with Crippen LogP contribution in [-0.4, -0.2) is 5.78 Å². The zero-order chi connectivity index (χ0) is 6.01. The van der Waals surface area contributed by atoms with E-state index in [1.165, 1.54) is 19.3 Å². The molecular weight excluding hydrogens is 112 g/mol. The molecule has 3 fully saturated rings. The van der Waals surface area contributed by atoms with Crippen molar-refractivity contribution in [3.8, 4) is 0 Å². The van der Waals surface area contributed by atoms with E-state index in [2.05, 4.69) is 0 Å². The van der Waals surface area contributed by atoms with E-state index < -0.39 is 0 Å². The zero-order valence-electron chi connectivity index (χ0n) is 5.34. The number of carbonyl (C=O) groups excluding carboxylic acids is 1. The minimum atomic E-state index is 0.550. The fourth-order valence-corrected chi connectivity index (χ4v) is 3.16. The normalized spacial score (nSPS) is 60.2. The summed E-state index contributed by atoms with van der Waals surface area (Å²) < 4.78 is 0. The summed E-state index contributed by atoms with van der Waals surface area (Å²) in [4.78, 5) is 11.1. The van der Waals surface area contributed by atoms with Gasteiger partial charge in [-0.25, -0.2) is 0 Å². The first-order valence-electron chi connectivity index (χ1n) is 3.90. The smallest absolute Gasteiger partial charge is 0.139 e. The SMILES string of the molecule is O=C1[C@H]2CC3CC2[C@H]1C3. The van der Waals surface area contributed by atoms with E-state index in [0.717, 1.165) is 11.8 Å². The summed E-state index contributed by atoms with van der Waals surface area (Å²) in [6.07, 6.45) is 3.89. The van der Waals surface area contributed by atoms with Gasteiger partial charge in [0.05, 0.1) is 0 Å². The van der Waals surface area contributed by atoms with Crippen molar-refractivity contribution in [3.05, 3.63) is 0 Å². The highest BCUT2D eigenvalue weighted by molar-refractivity contribution is 5.91. The molecule has 0 aliphatic heterocycles. The van der Waals surface area contributed by atoms with Crippen molar-refractivity contribution in [1.29, 1.82) is 0 Å². The Balaban J connectivity index is 2.06. The molecule has 0 aromatic carbocycles. The van der Waals surface area contributed by atoms with Gasteiger partial charge in [0.15, 0.2) is 0 Å². The summed E-state index contributed by atoms with van der Waals surface area (Å²) in [5.74, 6) is 3.53. The van der Waals surface area contributed by atoms with Crippen LogP contribution in [0.3, 0.4) is 0 Å². The zero-order valence-corrected chi connectivity index (χ0v) is 5.34. The van der Waals surface area contributed by atoms with Crippen LogP contribution in [0, 0.1) is 23.7 Å². The Kier molecular flexibility index (Phi) is 0.544. The average Bonchev–Trinajstić information content (AvgIpc) is 2.40. The highest BCUT2D eigenvalue weighted by Gasteiger charge is 2.60. The highest BCUT2D eigenvalue weighted by atomic mass is 16.1. The molecule has 9 heavy (non-hydrogen) atoms. The van der Waals surface area contributed by atoms with E-state index in [4.69, 9.17) is 0 Å². The minimum absolute atomic E-state index is 0.550. The van der Waals surface area contributed by atoms with Gasteiger partial charge in [0, 0.05) is 11.8 Å². The maximum atomic E-state index is 11.1.